The topological polar surface area (TPSA) is 143 Å². The highest BCUT2D eigenvalue weighted by Gasteiger charge is 2.20. The summed E-state index contributed by atoms with van der Waals surface area (Å²) in [5.74, 6) is -1.18. The second kappa shape index (κ2) is 16.1. The van der Waals surface area contributed by atoms with Gasteiger partial charge in [-0.1, -0.05) is 30.3 Å². The average Bonchev–Trinajstić information content (AvgIpc) is 2.96. The summed E-state index contributed by atoms with van der Waals surface area (Å²) in [5.41, 5.74) is 1.79. The molecule has 12 heteroatoms. The molecule has 2 atom stereocenters. The van der Waals surface area contributed by atoms with E-state index in [1.807, 2.05) is 12.1 Å². The van der Waals surface area contributed by atoms with Crippen LogP contribution in [0.15, 0.2) is 66.7 Å². The molecule has 0 spiro atoms. The number of hydrogen-bond donors (Lipinski definition) is 4. The number of aliphatic carboxylic acids is 1. The van der Waals surface area contributed by atoms with E-state index in [9.17, 15) is 28.0 Å². The second-order valence-electron chi connectivity index (χ2n) is 8.11. The molecule has 0 radical (unpaired) electrons. The van der Waals surface area contributed by atoms with E-state index >= 15 is 0 Å². The monoisotopic (exact) mass is 557 g/mol. The summed E-state index contributed by atoms with van der Waals surface area (Å²) in [6.07, 6.45) is 1.31. The third-order valence-electron chi connectivity index (χ3n) is 5.55. The van der Waals surface area contributed by atoms with Crippen LogP contribution >= 0.6 is 0 Å². The van der Waals surface area contributed by atoms with Crippen molar-refractivity contribution in [3.05, 3.63) is 95.1 Å². The number of benzene rings is 3. The first-order chi connectivity index (χ1) is 19.2. The Balaban J connectivity index is 0.000000337. The lowest BCUT2D eigenvalue weighted by molar-refractivity contribution is -0.140. The quantitative estimate of drug-likeness (QED) is 0.237. The zero-order valence-corrected chi connectivity index (χ0v) is 21.7. The molecule has 3 aromatic carbocycles. The maximum absolute atomic E-state index is 13.0. The van der Waals surface area contributed by atoms with Crippen molar-refractivity contribution < 1.29 is 42.5 Å². The fraction of sp³-hybridized carbons (Fsp3) is 0.214. The third-order valence-corrected chi connectivity index (χ3v) is 5.55. The summed E-state index contributed by atoms with van der Waals surface area (Å²) in [5, 5.41) is 16.0. The predicted octanol–water partition coefficient (Wildman–Crippen LogP) is 2.69. The van der Waals surface area contributed by atoms with Crippen LogP contribution < -0.4 is 25.4 Å². The lowest BCUT2D eigenvalue weighted by Gasteiger charge is -2.16. The van der Waals surface area contributed by atoms with Gasteiger partial charge in [0.05, 0.1) is 14.2 Å². The summed E-state index contributed by atoms with van der Waals surface area (Å²) < 4.78 is 36.0. The van der Waals surface area contributed by atoms with Gasteiger partial charge in [-0.2, -0.15) is 0 Å². The molecule has 2 unspecified atom stereocenters. The Bertz CT molecular complexity index is 1270. The highest BCUT2D eigenvalue weighted by Crippen LogP contribution is 2.27. The van der Waals surface area contributed by atoms with E-state index in [0.717, 1.165) is 17.7 Å². The number of rotatable bonds is 13. The van der Waals surface area contributed by atoms with E-state index in [0.29, 0.717) is 48.4 Å². The van der Waals surface area contributed by atoms with Crippen LogP contribution in [-0.4, -0.2) is 50.6 Å². The van der Waals surface area contributed by atoms with Crippen LogP contribution in [0.3, 0.4) is 0 Å². The normalized spacial score (nSPS) is 11.5. The Morgan fingerprint density at radius 2 is 1.30 bits per heavy atom. The molecular weight excluding hydrogens is 528 g/mol. The van der Waals surface area contributed by atoms with Gasteiger partial charge in [0.2, 0.25) is 18.7 Å². The number of methoxy groups -OCH3 is 2. The highest BCUT2D eigenvalue weighted by atomic mass is 19.1. The van der Waals surface area contributed by atoms with Gasteiger partial charge in [-0.25, -0.2) is 13.6 Å². The van der Waals surface area contributed by atoms with Crippen molar-refractivity contribution in [2.75, 3.05) is 20.8 Å². The molecule has 0 aliphatic carbocycles. The number of halogens is 2. The van der Waals surface area contributed by atoms with Crippen molar-refractivity contribution >= 4 is 24.7 Å². The minimum absolute atomic E-state index is 0.294. The van der Waals surface area contributed by atoms with E-state index in [1.54, 1.807) is 20.3 Å². The molecule has 212 valence electrons. The third kappa shape index (κ3) is 9.39. The Kier molecular flexibility index (Phi) is 12.5. The fourth-order valence-electron chi connectivity index (χ4n) is 3.55. The molecule has 0 aromatic heterocycles. The van der Waals surface area contributed by atoms with Crippen molar-refractivity contribution in [1.29, 1.82) is 0 Å². The van der Waals surface area contributed by atoms with Crippen molar-refractivity contribution in [3.63, 3.8) is 0 Å². The Morgan fingerprint density at radius 3 is 1.77 bits per heavy atom. The number of amides is 3. The summed E-state index contributed by atoms with van der Waals surface area (Å²) in [6, 6.07) is 13.8. The minimum Gasteiger partial charge on any atom is -0.493 e. The summed E-state index contributed by atoms with van der Waals surface area (Å²) in [7, 11) is 3.12. The van der Waals surface area contributed by atoms with Crippen LogP contribution in [0, 0.1) is 11.6 Å². The zero-order valence-electron chi connectivity index (χ0n) is 21.7. The Labute approximate surface area is 229 Å². The molecule has 0 fully saturated rings. The number of nitrogens with one attached hydrogen (secondary N) is 3. The largest absolute Gasteiger partial charge is 0.493 e. The van der Waals surface area contributed by atoms with Crippen LogP contribution in [-0.2, 0) is 25.6 Å². The first kappa shape index (κ1) is 31.2. The maximum atomic E-state index is 13.0. The first-order valence-electron chi connectivity index (χ1n) is 11.9. The SMILES string of the molecule is COc1ccc(CCNC(=O)C(NC=O)c2ccc(F)cc2)cc1OC.O=CNC(C(=O)O)c1ccc(F)cc1. The van der Waals surface area contributed by atoms with Crippen molar-refractivity contribution in [1.82, 2.24) is 16.0 Å². The molecule has 0 saturated heterocycles. The number of carboxylic acid groups (broad SMARTS) is 1. The van der Waals surface area contributed by atoms with Crippen molar-refractivity contribution in [2.45, 2.75) is 18.5 Å². The molecule has 0 bridgehead atoms. The molecule has 40 heavy (non-hydrogen) atoms. The van der Waals surface area contributed by atoms with Crippen LogP contribution in [0.4, 0.5) is 8.78 Å². The molecule has 0 saturated carbocycles. The average molecular weight is 558 g/mol. The van der Waals surface area contributed by atoms with Gasteiger partial charge in [-0.3, -0.25) is 14.4 Å². The summed E-state index contributed by atoms with van der Waals surface area (Å²) in [4.78, 5) is 43.9. The van der Waals surface area contributed by atoms with Gasteiger partial charge < -0.3 is 30.5 Å². The smallest absolute Gasteiger partial charge is 0.330 e. The van der Waals surface area contributed by atoms with Gasteiger partial charge in [0, 0.05) is 6.54 Å². The second-order valence-corrected chi connectivity index (χ2v) is 8.11. The minimum atomic E-state index is -1.19. The van der Waals surface area contributed by atoms with Gasteiger partial charge in [0.15, 0.2) is 17.5 Å². The van der Waals surface area contributed by atoms with Crippen LogP contribution in [0.5, 0.6) is 11.5 Å². The molecule has 0 aliphatic rings. The molecule has 0 heterocycles. The first-order valence-corrected chi connectivity index (χ1v) is 11.9. The van der Waals surface area contributed by atoms with E-state index in [4.69, 9.17) is 14.6 Å². The molecule has 0 aliphatic heterocycles. The molecule has 3 aromatic rings. The summed E-state index contributed by atoms with van der Waals surface area (Å²) >= 11 is 0. The zero-order chi connectivity index (χ0) is 29.5. The van der Waals surface area contributed by atoms with Gasteiger partial charge in [-0.05, 0) is 59.5 Å². The number of hydrogen-bond acceptors (Lipinski definition) is 6. The van der Waals surface area contributed by atoms with Crippen LogP contribution in [0.2, 0.25) is 0 Å². The Hall–Kier alpha value is -5.00. The van der Waals surface area contributed by atoms with Crippen molar-refractivity contribution in [3.8, 4) is 11.5 Å². The van der Waals surface area contributed by atoms with Gasteiger partial charge in [0.1, 0.15) is 17.7 Å². The number of carbonyl (C=O) groups is 4. The lowest BCUT2D eigenvalue weighted by atomic mass is 10.1. The molecule has 3 amide bonds. The fourth-order valence-corrected chi connectivity index (χ4v) is 3.55. The van der Waals surface area contributed by atoms with Crippen LogP contribution in [0.1, 0.15) is 28.8 Å². The van der Waals surface area contributed by atoms with Gasteiger partial charge in [0.25, 0.3) is 0 Å². The molecule has 4 N–H and O–H groups in total. The van der Waals surface area contributed by atoms with Crippen molar-refractivity contribution in [2.24, 2.45) is 0 Å². The highest BCUT2D eigenvalue weighted by molar-refractivity contribution is 5.85. The molecule has 3 rings (SSSR count). The maximum Gasteiger partial charge on any atom is 0.330 e. The standard InChI is InChI=1S/C19H21FN2O4.C9H8FNO3/c1-25-16-8-3-13(11-17(16)26-2)9-10-21-19(24)18(22-12-23)14-4-6-15(20)7-5-14;10-7-3-1-6(2-4-7)8(9(13)14)11-5-12/h3-8,11-12,18H,9-10H2,1-2H3,(H,21,24)(H,22,23);1-5,8H,(H,11,12)(H,13,14). The van der Waals surface area contributed by atoms with Crippen LogP contribution in [0.25, 0.3) is 0 Å². The predicted molar refractivity (Wildman–Crippen MR) is 141 cm³/mol. The number of carbonyl (C=O) groups excluding carboxylic acids is 3. The summed E-state index contributed by atoms with van der Waals surface area (Å²) in [6.45, 7) is 0.368. The number of ether oxygens (including phenoxy) is 2. The van der Waals surface area contributed by atoms with E-state index in [-0.39, 0.29) is 5.91 Å². The number of carboxylic acids is 1. The van der Waals surface area contributed by atoms with E-state index in [2.05, 4.69) is 16.0 Å². The molecular formula is C28H29F2N3O7. The lowest BCUT2D eigenvalue weighted by Crippen LogP contribution is -2.38. The van der Waals surface area contributed by atoms with Gasteiger partial charge in [-0.15, -0.1) is 0 Å². The van der Waals surface area contributed by atoms with E-state index in [1.165, 1.54) is 36.4 Å². The Morgan fingerprint density at radius 1 is 0.800 bits per heavy atom. The van der Waals surface area contributed by atoms with Gasteiger partial charge >= 0.3 is 5.97 Å². The molecule has 10 nitrogen and oxygen atoms in total. The van der Waals surface area contributed by atoms with E-state index < -0.39 is 29.7 Å².